The number of hydrogen-bond acceptors (Lipinski definition) is 5. The molecule has 0 aliphatic carbocycles. The zero-order chi connectivity index (χ0) is 22.9. The van der Waals surface area contributed by atoms with E-state index in [1.54, 1.807) is 10.4 Å². The fourth-order valence-corrected chi connectivity index (χ4v) is 4.89. The number of aromatic nitrogens is 1. The molecule has 34 heavy (non-hydrogen) atoms. The molecule has 2 heterocycles. The van der Waals surface area contributed by atoms with Crippen LogP contribution >= 0.6 is 11.3 Å². The standard InChI is InChI=1S/C28H20N2O3S/c31-28(21-11-14-24-26(15-21)34-17-29-24)30(16-22-7-4-8-25-27(22)33-18-32-25)23-12-9-20(10-13-23)19-5-2-1-3-6-19/h1-15,17H,16,18H2. The molecule has 5 nitrogen and oxygen atoms in total. The molecule has 0 unspecified atom stereocenters. The first-order valence-electron chi connectivity index (χ1n) is 10.9. The Morgan fingerprint density at radius 1 is 0.882 bits per heavy atom. The molecule has 4 aromatic carbocycles. The van der Waals surface area contributed by atoms with Crippen molar-refractivity contribution in [2.75, 3.05) is 11.7 Å². The number of nitrogens with zero attached hydrogens (tertiary/aromatic N) is 2. The van der Waals surface area contributed by atoms with E-state index in [4.69, 9.17) is 9.47 Å². The van der Waals surface area contributed by atoms with Gasteiger partial charge in [-0.15, -0.1) is 11.3 Å². The SMILES string of the molecule is O=C(c1ccc2ncsc2c1)N(Cc1cccc2c1OCO2)c1ccc(-c2ccccc2)cc1. The van der Waals surface area contributed by atoms with Crippen LogP contribution < -0.4 is 14.4 Å². The van der Waals surface area contributed by atoms with Gasteiger partial charge < -0.3 is 14.4 Å². The van der Waals surface area contributed by atoms with E-state index in [0.29, 0.717) is 23.6 Å². The summed E-state index contributed by atoms with van der Waals surface area (Å²) in [6, 6.07) is 29.7. The Morgan fingerprint density at radius 3 is 2.56 bits per heavy atom. The van der Waals surface area contributed by atoms with Crippen molar-refractivity contribution >= 4 is 33.1 Å². The summed E-state index contributed by atoms with van der Waals surface area (Å²) in [6.07, 6.45) is 0. The molecule has 5 aromatic rings. The first-order valence-corrected chi connectivity index (χ1v) is 11.8. The van der Waals surface area contributed by atoms with Crippen LogP contribution in [0.4, 0.5) is 5.69 Å². The van der Waals surface area contributed by atoms with E-state index in [2.05, 4.69) is 17.1 Å². The highest BCUT2D eigenvalue weighted by Gasteiger charge is 2.24. The maximum atomic E-state index is 13.8. The van der Waals surface area contributed by atoms with Crippen LogP contribution in [0.15, 0.2) is 96.5 Å². The van der Waals surface area contributed by atoms with Gasteiger partial charge in [0.25, 0.3) is 5.91 Å². The highest BCUT2D eigenvalue weighted by atomic mass is 32.1. The number of carbonyl (C=O) groups excluding carboxylic acids is 1. The van der Waals surface area contributed by atoms with E-state index in [9.17, 15) is 4.79 Å². The van der Waals surface area contributed by atoms with Crippen LogP contribution in [0, 0.1) is 0 Å². The van der Waals surface area contributed by atoms with Crippen LogP contribution in [0.5, 0.6) is 11.5 Å². The number of para-hydroxylation sites is 1. The van der Waals surface area contributed by atoms with Crippen molar-refractivity contribution in [1.29, 1.82) is 0 Å². The second-order valence-electron chi connectivity index (χ2n) is 7.99. The number of ether oxygens (including phenoxy) is 2. The molecule has 1 aliphatic rings. The summed E-state index contributed by atoms with van der Waals surface area (Å²) >= 11 is 1.53. The van der Waals surface area contributed by atoms with Gasteiger partial charge in [0.2, 0.25) is 6.79 Å². The van der Waals surface area contributed by atoms with Crippen molar-refractivity contribution in [3.8, 4) is 22.6 Å². The van der Waals surface area contributed by atoms with Gasteiger partial charge in [-0.1, -0.05) is 54.6 Å². The summed E-state index contributed by atoms with van der Waals surface area (Å²) in [7, 11) is 0. The predicted octanol–water partition coefficient (Wildman–Crippen LogP) is 6.54. The molecule has 6 heteroatoms. The van der Waals surface area contributed by atoms with E-state index in [1.807, 2.05) is 78.9 Å². The highest BCUT2D eigenvalue weighted by molar-refractivity contribution is 7.16. The number of thiazole rings is 1. The smallest absolute Gasteiger partial charge is 0.258 e. The van der Waals surface area contributed by atoms with Gasteiger partial charge in [0.1, 0.15) is 0 Å². The third-order valence-corrected chi connectivity index (χ3v) is 6.71. The van der Waals surface area contributed by atoms with E-state index in [1.165, 1.54) is 11.3 Å². The van der Waals surface area contributed by atoms with Gasteiger partial charge in [-0.05, 0) is 47.5 Å². The molecular weight excluding hydrogens is 444 g/mol. The van der Waals surface area contributed by atoms with Crippen LogP contribution in [0.25, 0.3) is 21.3 Å². The molecule has 0 radical (unpaired) electrons. The summed E-state index contributed by atoms with van der Waals surface area (Å²) in [6.45, 7) is 0.547. The Hall–Kier alpha value is -4.16. The molecule has 0 bridgehead atoms. The van der Waals surface area contributed by atoms with Crippen LogP contribution in [-0.4, -0.2) is 17.7 Å². The van der Waals surface area contributed by atoms with Crippen LogP contribution in [0.3, 0.4) is 0 Å². The minimum absolute atomic E-state index is 0.0840. The number of rotatable bonds is 5. The lowest BCUT2D eigenvalue weighted by molar-refractivity contribution is 0.0985. The van der Waals surface area contributed by atoms with Crippen molar-refractivity contribution in [3.63, 3.8) is 0 Å². The third-order valence-electron chi connectivity index (χ3n) is 5.92. The first kappa shape index (κ1) is 20.4. The van der Waals surface area contributed by atoms with Gasteiger partial charge in [0.15, 0.2) is 11.5 Å². The topological polar surface area (TPSA) is 51.7 Å². The monoisotopic (exact) mass is 464 g/mol. The van der Waals surface area contributed by atoms with Crippen molar-refractivity contribution in [1.82, 2.24) is 4.98 Å². The predicted molar refractivity (Wildman–Crippen MR) is 135 cm³/mol. The van der Waals surface area contributed by atoms with Gasteiger partial charge in [0.05, 0.1) is 22.3 Å². The minimum atomic E-state index is -0.0840. The lowest BCUT2D eigenvalue weighted by atomic mass is 10.0. The van der Waals surface area contributed by atoms with Crippen LogP contribution in [0.1, 0.15) is 15.9 Å². The quantitative estimate of drug-likeness (QED) is 0.296. The van der Waals surface area contributed by atoms with Gasteiger partial charge in [-0.25, -0.2) is 4.98 Å². The van der Waals surface area contributed by atoms with E-state index in [-0.39, 0.29) is 12.7 Å². The third kappa shape index (κ3) is 3.78. The Labute approximate surface area is 200 Å². The Morgan fingerprint density at radius 2 is 1.71 bits per heavy atom. The second-order valence-corrected chi connectivity index (χ2v) is 8.88. The number of fused-ring (bicyclic) bond motifs is 2. The molecule has 0 fully saturated rings. The van der Waals surface area contributed by atoms with Crippen molar-refractivity contribution in [3.05, 3.63) is 108 Å². The molecule has 6 rings (SSSR count). The summed E-state index contributed by atoms with van der Waals surface area (Å²) in [5.41, 5.74) is 7.25. The number of benzene rings is 4. The van der Waals surface area contributed by atoms with Crippen LogP contribution in [0.2, 0.25) is 0 Å². The fraction of sp³-hybridized carbons (Fsp3) is 0.0714. The molecule has 0 N–H and O–H groups in total. The normalized spacial score (nSPS) is 12.1. The molecule has 0 spiro atoms. The summed E-state index contributed by atoms with van der Waals surface area (Å²) in [4.78, 5) is 19.9. The zero-order valence-electron chi connectivity index (χ0n) is 18.2. The van der Waals surface area contributed by atoms with Gasteiger partial charge >= 0.3 is 0 Å². The average Bonchev–Trinajstić information content (AvgIpc) is 3.57. The molecule has 1 aliphatic heterocycles. The van der Waals surface area contributed by atoms with Crippen molar-refractivity contribution in [2.24, 2.45) is 0 Å². The number of hydrogen-bond donors (Lipinski definition) is 0. The first-order chi connectivity index (χ1) is 16.8. The number of amides is 1. The molecule has 1 aromatic heterocycles. The largest absolute Gasteiger partial charge is 0.454 e. The van der Waals surface area contributed by atoms with E-state index >= 15 is 0 Å². The van der Waals surface area contributed by atoms with Gasteiger partial charge in [-0.2, -0.15) is 0 Å². The molecule has 1 amide bonds. The maximum absolute atomic E-state index is 13.8. The molecule has 0 saturated heterocycles. The summed E-state index contributed by atoms with van der Waals surface area (Å²) < 4.78 is 12.2. The van der Waals surface area contributed by atoms with E-state index < -0.39 is 0 Å². The molecule has 0 atom stereocenters. The molecule has 166 valence electrons. The lowest BCUT2D eigenvalue weighted by Gasteiger charge is -2.24. The Kier molecular flexibility index (Phi) is 5.20. The number of anilines is 1. The summed E-state index contributed by atoms with van der Waals surface area (Å²) in [5.74, 6) is 1.31. The highest BCUT2D eigenvalue weighted by Crippen LogP contribution is 2.37. The summed E-state index contributed by atoms with van der Waals surface area (Å²) in [5, 5.41) is 0. The number of carbonyl (C=O) groups is 1. The Balaban J connectivity index is 1.39. The van der Waals surface area contributed by atoms with Crippen molar-refractivity contribution in [2.45, 2.75) is 6.54 Å². The average molecular weight is 465 g/mol. The lowest BCUT2D eigenvalue weighted by Crippen LogP contribution is -2.30. The Bertz CT molecular complexity index is 1480. The van der Waals surface area contributed by atoms with Crippen molar-refractivity contribution < 1.29 is 14.3 Å². The van der Waals surface area contributed by atoms with Gasteiger partial charge in [0, 0.05) is 16.8 Å². The zero-order valence-corrected chi connectivity index (χ0v) is 19.0. The molecule has 0 saturated carbocycles. The van der Waals surface area contributed by atoms with Gasteiger partial charge in [-0.3, -0.25) is 4.79 Å². The molecular formula is C28H20N2O3S. The fourth-order valence-electron chi connectivity index (χ4n) is 4.17. The van der Waals surface area contributed by atoms with Crippen LogP contribution in [-0.2, 0) is 6.54 Å². The maximum Gasteiger partial charge on any atom is 0.258 e. The van der Waals surface area contributed by atoms with E-state index in [0.717, 1.165) is 32.6 Å². The minimum Gasteiger partial charge on any atom is -0.454 e. The second kappa shape index (κ2) is 8.65.